The van der Waals surface area contributed by atoms with E-state index in [1.807, 2.05) is 0 Å². The van der Waals surface area contributed by atoms with E-state index in [4.69, 9.17) is 5.11 Å². The zero-order valence-electron chi connectivity index (χ0n) is 7.29. The summed E-state index contributed by atoms with van der Waals surface area (Å²) in [5, 5.41) is 8.87. The first kappa shape index (κ1) is 7.60. The molecule has 0 aromatic rings. The van der Waals surface area contributed by atoms with Gasteiger partial charge in [-0.3, -0.25) is 0 Å². The molecule has 0 bridgehead atoms. The van der Waals surface area contributed by atoms with Crippen LogP contribution in [-0.2, 0) is 0 Å². The van der Waals surface area contributed by atoms with Crippen molar-refractivity contribution in [2.45, 2.75) is 32.6 Å². The second kappa shape index (κ2) is 2.78. The summed E-state index contributed by atoms with van der Waals surface area (Å²) >= 11 is 0. The Morgan fingerprint density at radius 3 is 2.36 bits per heavy atom. The van der Waals surface area contributed by atoms with Crippen LogP contribution >= 0.6 is 0 Å². The van der Waals surface area contributed by atoms with Gasteiger partial charge in [-0.15, -0.1) is 0 Å². The first-order valence-corrected chi connectivity index (χ1v) is 4.97. The van der Waals surface area contributed by atoms with Gasteiger partial charge < -0.3 is 5.11 Å². The normalized spacial score (nSPS) is 47.5. The standard InChI is InChI=1S/C10H18O/c1-2-3-7-4-9(7)10-5-8(10)6-11/h7-11H,2-6H2,1H3. The van der Waals surface area contributed by atoms with Gasteiger partial charge in [0.1, 0.15) is 0 Å². The molecule has 0 heterocycles. The molecule has 11 heavy (non-hydrogen) atoms. The number of aliphatic hydroxyl groups excluding tert-OH is 1. The van der Waals surface area contributed by atoms with Gasteiger partial charge in [-0.25, -0.2) is 0 Å². The number of rotatable bonds is 4. The van der Waals surface area contributed by atoms with Gasteiger partial charge in [0.15, 0.2) is 0 Å². The predicted octanol–water partition coefficient (Wildman–Crippen LogP) is 2.05. The van der Waals surface area contributed by atoms with E-state index in [0.717, 1.165) is 17.8 Å². The number of hydrogen-bond donors (Lipinski definition) is 1. The van der Waals surface area contributed by atoms with Crippen molar-refractivity contribution in [3.05, 3.63) is 0 Å². The van der Waals surface area contributed by atoms with Gasteiger partial charge in [0.05, 0.1) is 0 Å². The lowest BCUT2D eigenvalue weighted by Crippen LogP contribution is -1.92. The molecule has 2 saturated carbocycles. The minimum atomic E-state index is 0.444. The largest absolute Gasteiger partial charge is 0.396 e. The molecule has 0 aliphatic heterocycles. The molecular weight excluding hydrogens is 136 g/mol. The van der Waals surface area contributed by atoms with Crippen molar-refractivity contribution >= 4 is 0 Å². The van der Waals surface area contributed by atoms with Crippen LogP contribution in [0, 0.1) is 23.7 Å². The Bertz CT molecular complexity index is 144. The van der Waals surface area contributed by atoms with E-state index >= 15 is 0 Å². The summed E-state index contributed by atoms with van der Waals surface area (Å²) in [6.07, 6.45) is 5.56. The van der Waals surface area contributed by atoms with E-state index in [0.29, 0.717) is 12.5 Å². The topological polar surface area (TPSA) is 20.2 Å². The zero-order valence-corrected chi connectivity index (χ0v) is 7.29. The first-order valence-electron chi connectivity index (χ1n) is 4.97. The summed E-state index contributed by atoms with van der Waals surface area (Å²) < 4.78 is 0. The van der Waals surface area contributed by atoms with Gasteiger partial charge in [-0.2, -0.15) is 0 Å². The quantitative estimate of drug-likeness (QED) is 0.657. The van der Waals surface area contributed by atoms with Gasteiger partial charge in [-0.05, 0) is 36.5 Å². The average Bonchev–Trinajstić information content (AvgIpc) is 2.80. The molecule has 0 aromatic carbocycles. The first-order chi connectivity index (χ1) is 5.36. The maximum atomic E-state index is 8.87. The van der Waals surface area contributed by atoms with Gasteiger partial charge in [0, 0.05) is 6.61 Å². The summed E-state index contributed by atoms with van der Waals surface area (Å²) in [7, 11) is 0. The van der Waals surface area contributed by atoms with Crippen LogP contribution in [0.4, 0.5) is 0 Å². The molecule has 1 heteroatoms. The molecule has 0 saturated heterocycles. The highest BCUT2D eigenvalue weighted by Gasteiger charge is 2.52. The van der Waals surface area contributed by atoms with E-state index in [1.165, 1.54) is 25.7 Å². The molecule has 1 N–H and O–H groups in total. The minimum absolute atomic E-state index is 0.444. The van der Waals surface area contributed by atoms with Crippen molar-refractivity contribution in [2.75, 3.05) is 6.61 Å². The molecule has 2 aliphatic carbocycles. The molecule has 0 aromatic heterocycles. The Morgan fingerprint density at radius 1 is 1.18 bits per heavy atom. The lowest BCUT2D eigenvalue weighted by Gasteiger charge is -1.95. The Morgan fingerprint density at radius 2 is 1.82 bits per heavy atom. The molecule has 64 valence electrons. The highest BCUT2D eigenvalue weighted by molar-refractivity contribution is 5.01. The van der Waals surface area contributed by atoms with Gasteiger partial charge in [0.2, 0.25) is 0 Å². The van der Waals surface area contributed by atoms with E-state index in [2.05, 4.69) is 6.92 Å². The molecule has 2 fully saturated rings. The van der Waals surface area contributed by atoms with E-state index < -0.39 is 0 Å². The third kappa shape index (κ3) is 1.44. The molecule has 4 unspecified atom stereocenters. The lowest BCUT2D eigenvalue weighted by atomic mass is 10.1. The van der Waals surface area contributed by atoms with Crippen molar-refractivity contribution in [1.82, 2.24) is 0 Å². The van der Waals surface area contributed by atoms with Crippen LogP contribution in [0.2, 0.25) is 0 Å². The van der Waals surface area contributed by atoms with Crippen LogP contribution in [-0.4, -0.2) is 11.7 Å². The Kier molecular flexibility index (Phi) is 1.92. The van der Waals surface area contributed by atoms with Crippen molar-refractivity contribution in [3.8, 4) is 0 Å². The zero-order chi connectivity index (χ0) is 7.84. The van der Waals surface area contributed by atoms with Crippen LogP contribution in [0.3, 0.4) is 0 Å². The summed E-state index contributed by atoms with van der Waals surface area (Å²) in [5.74, 6) is 3.69. The molecule has 4 atom stereocenters. The second-order valence-electron chi connectivity index (χ2n) is 4.29. The average molecular weight is 154 g/mol. The highest BCUT2D eigenvalue weighted by atomic mass is 16.3. The van der Waals surface area contributed by atoms with Crippen LogP contribution < -0.4 is 0 Å². The summed E-state index contributed by atoms with van der Waals surface area (Å²) in [4.78, 5) is 0. The molecule has 2 rings (SSSR count). The molecule has 2 aliphatic rings. The van der Waals surface area contributed by atoms with Crippen LogP contribution in [0.1, 0.15) is 32.6 Å². The van der Waals surface area contributed by atoms with E-state index in [9.17, 15) is 0 Å². The number of hydrogen-bond acceptors (Lipinski definition) is 1. The summed E-state index contributed by atoms with van der Waals surface area (Å²) in [5.41, 5.74) is 0. The predicted molar refractivity (Wildman–Crippen MR) is 45.2 cm³/mol. The highest BCUT2D eigenvalue weighted by Crippen LogP contribution is 2.58. The Labute approximate surface area is 68.8 Å². The third-order valence-electron chi connectivity index (χ3n) is 3.40. The van der Waals surface area contributed by atoms with E-state index in [-0.39, 0.29) is 0 Å². The van der Waals surface area contributed by atoms with Crippen molar-refractivity contribution < 1.29 is 5.11 Å². The molecule has 0 amide bonds. The van der Waals surface area contributed by atoms with Crippen molar-refractivity contribution in [1.29, 1.82) is 0 Å². The van der Waals surface area contributed by atoms with E-state index in [1.54, 1.807) is 0 Å². The minimum Gasteiger partial charge on any atom is -0.396 e. The van der Waals surface area contributed by atoms with Crippen molar-refractivity contribution in [2.24, 2.45) is 23.7 Å². The SMILES string of the molecule is CCCC1CC1C1CC1CO. The Hall–Kier alpha value is -0.0400. The fourth-order valence-electron chi connectivity index (χ4n) is 2.50. The smallest absolute Gasteiger partial charge is 0.0462 e. The maximum absolute atomic E-state index is 8.87. The van der Waals surface area contributed by atoms with Gasteiger partial charge in [0.25, 0.3) is 0 Å². The Balaban J connectivity index is 1.68. The van der Waals surface area contributed by atoms with Crippen LogP contribution in [0.5, 0.6) is 0 Å². The monoisotopic (exact) mass is 154 g/mol. The third-order valence-corrected chi connectivity index (χ3v) is 3.40. The van der Waals surface area contributed by atoms with Crippen molar-refractivity contribution in [3.63, 3.8) is 0 Å². The molecular formula is C10H18O. The fraction of sp³-hybridized carbons (Fsp3) is 1.00. The molecule has 0 radical (unpaired) electrons. The molecule has 1 nitrogen and oxygen atoms in total. The van der Waals surface area contributed by atoms with Gasteiger partial charge in [-0.1, -0.05) is 19.8 Å². The second-order valence-corrected chi connectivity index (χ2v) is 4.29. The fourth-order valence-corrected chi connectivity index (χ4v) is 2.50. The summed E-state index contributed by atoms with van der Waals surface area (Å²) in [6, 6.07) is 0. The van der Waals surface area contributed by atoms with Crippen LogP contribution in [0.15, 0.2) is 0 Å². The number of aliphatic hydroxyl groups is 1. The molecule has 0 spiro atoms. The van der Waals surface area contributed by atoms with Crippen LogP contribution in [0.25, 0.3) is 0 Å². The lowest BCUT2D eigenvalue weighted by molar-refractivity contribution is 0.265. The summed E-state index contributed by atoms with van der Waals surface area (Å²) in [6.45, 7) is 2.71. The maximum Gasteiger partial charge on any atom is 0.0462 e. The van der Waals surface area contributed by atoms with Gasteiger partial charge >= 0.3 is 0 Å².